The molecule has 2 aromatic heterocycles. The summed E-state index contributed by atoms with van der Waals surface area (Å²) in [5.74, 6) is 0. The predicted octanol–water partition coefficient (Wildman–Crippen LogP) is 4.05. The van der Waals surface area contributed by atoms with Crippen molar-refractivity contribution in [2.75, 3.05) is 5.32 Å². The van der Waals surface area contributed by atoms with Crippen molar-refractivity contribution in [3.63, 3.8) is 0 Å². The Balaban J connectivity index is 2.20. The lowest BCUT2D eigenvalue weighted by molar-refractivity contribution is 1.00. The summed E-state index contributed by atoms with van der Waals surface area (Å²) in [6.45, 7) is 4.11. The van der Waals surface area contributed by atoms with Crippen LogP contribution in [-0.4, -0.2) is 15.0 Å². The second-order valence-electron chi connectivity index (χ2n) is 3.97. The van der Waals surface area contributed by atoms with Gasteiger partial charge in [-0.05, 0) is 31.9 Å². The Kier molecular flexibility index (Phi) is 4.38. The minimum atomic E-state index is 0.877. The third kappa shape index (κ3) is 3.11. The summed E-state index contributed by atoms with van der Waals surface area (Å²) in [6, 6.07) is 3.93. The number of nitrogens with one attached hydrogen (secondary N) is 1. The molecule has 0 spiro atoms. The zero-order valence-corrected chi connectivity index (χ0v) is 12.1. The van der Waals surface area contributed by atoms with Crippen LogP contribution >= 0.6 is 23.6 Å². The molecule has 0 fully saturated rings. The van der Waals surface area contributed by atoms with Crippen molar-refractivity contribution in [3.05, 3.63) is 30.2 Å². The van der Waals surface area contributed by atoms with E-state index in [0.717, 1.165) is 39.1 Å². The lowest BCUT2D eigenvalue weighted by atomic mass is 10.3. The summed E-state index contributed by atoms with van der Waals surface area (Å²) >= 11 is 6.89. The van der Waals surface area contributed by atoms with E-state index in [0.29, 0.717) is 0 Å². The monoisotopic (exact) mass is 277 g/mol. The van der Waals surface area contributed by atoms with Crippen LogP contribution in [0.3, 0.4) is 0 Å². The lowest BCUT2D eigenvalue weighted by Crippen LogP contribution is -2.07. The van der Waals surface area contributed by atoms with Gasteiger partial charge >= 0.3 is 0 Å². The number of thiocarbonyl (C=S) groups is 1. The number of hydrogen-bond acceptors (Lipinski definition) is 4. The summed E-state index contributed by atoms with van der Waals surface area (Å²) in [5, 5.41) is 5.28. The number of rotatable bonds is 4. The number of nitrogens with zero attached hydrogens (tertiary/aromatic N) is 2. The van der Waals surface area contributed by atoms with Gasteiger partial charge in [0.25, 0.3) is 0 Å². The summed E-state index contributed by atoms with van der Waals surface area (Å²) in [4.78, 5) is 9.54. The van der Waals surface area contributed by atoms with Gasteiger partial charge in [-0.25, -0.2) is 4.98 Å². The molecule has 0 aliphatic heterocycles. The van der Waals surface area contributed by atoms with Gasteiger partial charge < -0.3 is 5.32 Å². The van der Waals surface area contributed by atoms with Gasteiger partial charge in [-0.15, -0.1) is 0 Å². The van der Waals surface area contributed by atoms with Gasteiger partial charge in [-0.2, -0.15) is 0 Å². The molecule has 0 aliphatic rings. The third-order valence-electron chi connectivity index (χ3n) is 2.44. The molecule has 0 unspecified atom stereocenters. The van der Waals surface area contributed by atoms with E-state index in [1.807, 2.05) is 25.3 Å². The first-order chi connectivity index (χ1) is 8.70. The summed E-state index contributed by atoms with van der Waals surface area (Å²) in [6.07, 6.45) is 5.56. The van der Waals surface area contributed by atoms with Crippen LogP contribution in [0.1, 0.15) is 25.5 Å². The highest BCUT2D eigenvalue weighted by Gasteiger charge is 2.10. The fraction of sp³-hybridized carbons (Fsp3) is 0.308. The van der Waals surface area contributed by atoms with Gasteiger partial charge in [0.05, 0.1) is 10.7 Å². The van der Waals surface area contributed by atoms with E-state index >= 15 is 0 Å². The molecule has 1 N–H and O–H groups in total. The molecule has 2 rings (SSSR count). The van der Waals surface area contributed by atoms with Crippen LogP contribution in [0, 0.1) is 6.92 Å². The van der Waals surface area contributed by atoms with Crippen LogP contribution < -0.4 is 5.32 Å². The van der Waals surface area contributed by atoms with Crippen LogP contribution in [0.4, 0.5) is 5.00 Å². The predicted molar refractivity (Wildman–Crippen MR) is 81.2 cm³/mol. The zero-order valence-electron chi connectivity index (χ0n) is 10.4. The molecule has 5 heteroatoms. The van der Waals surface area contributed by atoms with E-state index in [-0.39, 0.29) is 0 Å². The molecule has 0 aromatic carbocycles. The number of hydrogen-bond donors (Lipinski definition) is 1. The van der Waals surface area contributed by atoms with Gasteiger partial charge in [0.15, 0.2) is 0 Å². The van der Waals surface area contributed by atoms with Crippen molar-refractivity contribution in [3.8, 4) is 10.6 Å². The topological polar surface area (TPSA) is 37.8 Å². The van der Waals surface area contributed by atoms with Crippen LogP contribution in [0.15, 0.2) is 24.5 Å². The molecular formula is C13H15N3S2. The van der Waals surface area contributed by atoms with E-state index in [1.165, 1.54) is 0 Å². The average Bonchev–Trinajstić information content (AvgIpc) is 2.72. The maximum atomic E-state index is 5.28. The van der Waals surface area contributed by atoms with Gasteiger partial charge in [-0.1, -0.05) is 30.5 Å². The number of pyridine rings is 1. The number of aryl methyl sites for hydroxylation is 1. The van der Waals surface area contributed by atoms with E-state index < -0.39 is 0 Å². The highest BCUT2D eigenvalue weighted by atomic mass is 32.1. The summed E-state index contributed by atoms with van der Waals surface area (Å²) < 4.78 is 0. The molecule has 0 bridgehead atoms. The highest BCUT2D eigenvalue weighted by molar-refractivity contribution is 7.80. The maximum Gasteiger partial charge on any atom is 0.127 e. The Bertz CT molecular complexity index is 534. The zero-order chi connectivity index (χ0) is 13.0. The van der Waals surface area contributed by atoms with E-state index in [2.05, 4.69) is 22.2 Å². The van der Waals surface area contributed by atoms with Crippen molar-refractivity contribution in [1.29, 1.82) is 0 Å². The van der Waals surface area contributed by atoms with Crippen molar-refractivity contribution in [2.24, 2.45) is 0 Å². The largest absolute Gasteiger partial charge is 0.340 e. The van der Waals surface area contributed by atoms with Crippen LogP contribution in [-0.2, 0) is 0 Å². The molecule has 0 saturated heterocycles. The maximum absolute atomic E-state index is 5.28. The van der Waals surface area contributed by atoms with Crippen molar-refractivity contribution < 1.29 is 0 Å². The van der Waals surface area contributed by atoms with E-state index in [9.17, 15) is 0 Å². The van der Waals surface area contributed by atoms with Crippen molar-refractivity contribution in [1.82, 2.24) is 9.97 Å². The first-order valence-corrected chi connectivity index (χ1v) is 7.11. The standard InChI is InChI=1S/C13H15N3S2/c1-3-5-11(17)16-12-9(2)15-13(18-12)10-6-4-7-14-8-10/h4,6-8H,3,5H2,1-2H3,(H,16,17). The minimum absolute atomic E-state index is 0.877. The molecule has 0 amide bonds. The number of anilines is 1. The van der Waals surface area contributed by atoms with Gasteiger partial charge in [0.1, 0.15) is 10.0 Å². The third-order valence-corrected chi connectivity index (χ3v) is 3.86. The van der Waals surface area contributed by atoms with E-state index in [4.69, 9.17) is 12.2 Å². The fourth-order valence-corrected chi connectivity index (χ4v) is 2.89. The second kappa shape index (κ2) is 6.02. The Hall–Kier alpha value is -1.33. The minimum Gasteiger partial charge on any atom is -0.340 e. The molecule has 94 valence electrons. The summed E-state index contributed by atoms with van der Waals surface area (Å²) in [5.41, 5.74) is 2.03. The smallest absolute Gasteiger partial charge is 0.127 e. The number of aromatic nitrogens is 2. The Morgan fingerprint density at radius 2 is 2.33 bits per heavy atom. The van der Waals surface area contributed by atoms with Gasteiger partial charge in [-0.3, -0.25) is 4.98 Å². The average molecular weight is 277 g/mol. The van der Waals surface area contributed by atoms with Crippen LogP contribution in [0.5, 0.6) is 0 Å². The second-order valence-corrected chi connectivity index (χ2v) is 5.47. The van der Waals surface area contributed by atoms with Crippen LogP contribution in [0.25, 0.3) is 10.6 Å². The molecule has 3 nitrogen and oxygen atoms in total. The Labute approximate surface area is 116 Å². The molecule has 2 heterocycles. The SMILES string of the molecule is CCCC(=S)Nc1sc(-c2cccnc2)nc1C. The van der Waals surface area contributed by atoms with Gasteiger partial charge in [0.2, 0.25) is 0 Å². The van der Waals surface area contributed by atoms with Crippen molar-refractivity contribution in [2.45, 2.75) is 26.7 Å². The molecular weight excluding hydrogens is 262 g/mol. The quantitative estimate of drug-likeness (QED) is 0.855. The fourth-order valence-electron chi connectivity index (χ4n) is 1.54. The van der Waals surface area contributed by atoms with E-state index in [1.54, 1.807) is 17.5 Å². The lowest BCUT2D eigenvalue weighted by Gasteiger charge is -2.03. The highest BCUT2D eigenvalue weighted by Crippen LogP contribution is 2.31. The first-order valence-electron chi connectivity index (χ1n) is 5.88. The number of thiazole rings is 1. The molecule has 0 atom stereocenters. The molecule has 0 saturated carbocycles. The first kappa shape index (κ1) is 13.1. The molecule has 2 aromatic rings. The summed E-state index contributed by atoms with van der Waals surface area (Å²) in [7, 11) is 0. The Morgan fingerprint density at radius 1 is 1.50 bits per heavy atom. The normalized spacial score (nSPS) is 10.3. The van der Waals surface area contributed by atoms with Crippen LogP contribution in [0.2, 0.25) is 0 Å². The van der Waals surface area contributed by atoms with Gasteiger partial charge in [0, 0.05) is 18.0 Å². The molecule has 0 aliphatic carbocycles. The molecule has 0 radical (unpaired) electrons. The molecule has 18 heavy (non-hydrogen) atoms. The Morgan fingerprint density at radius 3 is 3.00 bits per heavy atom. The van der Waals surface area contributed by atoms with Crippen molar-refractivity contribution >= 4 is 33.5 Å².